The molecule has 5 rings (SSSR count). The highest BCUT2D eigenvalue weighted by Gasteiger charge is 2.43. The van der Waals surface area contributed by atoms with E-state index in [9.17, 15) is 19.2 Å². The number of imide groups is 1. The third-order valence-electron chi connectivity index (χ3n) is 5.75. The van der Waals surface area contributed by atoms with Gasteiger partial charge >= 0.3 is 0 Å². The van der Waals surface area contributed by atoms with Crippen molar-refractivity contribution in [2.75, 3.05) is 7.05 Å². The first kappa shape index (κ1) is 18.9. The molecule has 1 aliphatic heterocycles. The van der Waals surface area contributed by atoms with E-state index in [1.165, 1.54) is 19.2 Å². The van der Waals surface area contributed by atoms with Crippen molar-refractivity contribution < 1.29 is 23.9 Å². The van der Waals surface area contributed by atoms with E-state index in [1.54, 1.807) is 24.3 Å². The number of benzene rings is 3. The molecule has 0 aromatic heterocycles. The molecule has 152 valence electrons. The maximum atomic E-state index is 13.0. The van der Waals surface area contributed by atoms with Gasteiger partial charge in [-0.2, -0.15) is 0 Å². The maximum Gasteiger partial charge on any atom is 0.261 e. The van der Waals surface area contributed by atoms with Gasteiger partial charge in [-0.05, 0) is 48.9 Å². The summed E-state index contributed by atoms with van der Waals surface area (Å²) in [5, 5.41) is 0. The van der Waals surface area contributed by atoms with Crippen LogP contribution in [0, 0.1) is 6.92 Å². The van der Waals surface area contributed by atoms with Crippen LogP contribution in [0.1, 0.15) is 58.5 Å². The topological polar surface area (TPSA) is 80.8 Å². The predicted octanol–water partition coefficient (Wildman–Crippen LogP) is 4.18. The number of ketones is 2. The summed E-state index contributed by atoms with van der Waals surface area (Å²) in [6, 6.07) is 17.2. The van der Waals surface area contributed by atoms with Crippen LogP contribution < -0.4 is 4.74 Å². The molecule has 6 nitrogen and oxygen atoms in total. The zero-order valence-electron chi connectivity index (χ0n) is 16.8. The van der Waals surface area contributed by atoms with E-state index in [2.05, 4.69) is 0 Å². The number of hydrogen-bond donors (Lipinski definition) is 0. The molecule has 0 saturated carbocycles. The smallest absolute Gasteiger partial charge is 0.261 e. The Balaban J connectivity index is 1.44. The third kappa shape index (κ3) is 2.87. The van der Waals surface area contributed by atoms with Gasteiger partial charge < -0.3 is 4.74 Å². The number of nitrogens with zero attached hydrogens (tertiary/aromatic N) is 1. The number of carbonyl (C=O) groups is 4. The Kier molecular flexibility index (Phi) is 4.12. The first-order chi connectivity index (χ1) is 14.8. The van der Waals surface area contributed by atoms with Crippen molar-refractivity contribution in [3.05, 3.63) is 94.0 Å². The minimum Gasteiger partial charge on any atom is -0.457 e. The molecule has 0 N–H and O–H groups in total. The largest absolute Gasteiger partial charge is 0.457 e. The summed E-state index contributed by atoms with van der Waals surface area (Å²) in [6.45, 7) is 1.99. The highest BCUT2D eigenvalue weighted by molar-refractivity contribution is 6.32. The summed E-state index contributed by atoms with van der Waals surface area (Å²) >= 11 is 0. The van der Waals surface area contributed by atoms with Gasteiger partial charge in [-0.1, -0.05) is 29.8 Å². The standard InChI is InChI=1S/C25H17NO5/c1-13-3-7-15(8-4-13)31-16-9-5-14(6-10-16)21-22(27)17-11-19-20(12-18(17)23(21)28)25(30)26(2)24(19)29/h3-12,21H,1-2H3. The fraction of sp³-hybridized carbons (Fsp3) is 0.120. The Morgan fingerprint density at radius 2 is 1.13 bits per heavy atom. The van der Waals surface area contributed by atoms with E-state index in [1.807, 2.05) is 31.2 Å². The minimum absolute atomic E-state index is 0.162. The SMILES string of the molecule is Cc1ccc(Oc2ccc(C3C(=O)c4cc5c(cc4C3=O)C(=O)N(C)C5=O)cc2)cc1. The fourth-order valence-corrected chi connectivity index (χ4v) is 4.02. The number of amides is 2. The van der Waals surface area contributed by atoms with Gasteiger partial charge in [-0.3, -0.25) is 24.1 Å². The lowest BCUT2D eigenvalue weighted by Crippen LogP contribution is -2.24. The zero-order valence-corrected chi connectivity index (χ0v) is 16.8. The third-order valence-corrected chi connectivity index (χ3v) is 5.75. The summed E-state index contributed by atoms with van der Waals surface area (Å²) in [4.78, 5) is 51.5. The van der Waals surface area contributed by atoms with Gasteiger partial charge in [0.05, 0.1) is 11.1 Å². The molecule has 0 fully saturated rings. The van der Waals surface area contributed by atoms with E-state index in [-0.39, 0.29) is 33.8 Å². The number of Topliss-reactive ketones (excluding diaryl/α,β-unsaturated/α-hetero) is 2. The minimum atomic E-state index is -0.992. The highest BCUT2D eigenvalue weighted by Crippen LogP contribution is 2.38. The second-order valence-electron chi connectivity index (χ2n) is 7.76. The lowest BCUT2D eigenvalue weighted by atomic mass is 9.94. The van der Waals surface area contributed by atoms with Crippen LogP contribution in [0.5, 0.6) is 11.5 Å². The molecule has 0 radical (unpaired) electrons. The Morgan fingerprint density at radius 3 is 1.61 bits per heavy atom. The van der Waals surface area contributed by atoms with Crippen LogP contribution in [0.25, 0.3) is 0 Å². The van der Waals surface area contributed by atoms with Crippen LogP contribution in [0.15, 0.2) is 60.7 Å². The van der Waals surface area contributed by atoms with Gasteiger partial charge in [0.1, 0.15) is 17.4 Å². The maximum absolute atomic E-state index is 13.0. The van der Waals surface area contributed by atoms with Crippen molar-refractivity contribution in [1.82, 2.24) is 4.90 Å². The van der Waals surface area contributed by atoms with Crippen molar-refractivity contribution in [3.8, 4) is 11.5 Å². The first-order valence-electron chi connectivity index (χ1n) is 9.78. The van der Waals surface area contributed by atoms with Crippen LogP contribution in [0.3, 0.4) is 0 Å². The van der Waals surface area contributed by atoms with Crippen molar-refractivity contribution in [2.45, 2.75) is 12.8 Å². The van der Waals surface area contributed by atoms with Crippen LogP contribution in [0.4, 0.5) is 0 Å². The first-order valence-corrected chi connectivity index (χ1v) is 9.78. The fourth-order valence-electron chi connectivity index (χ4n) is 4.02. The van der Waals surface area contributed by atoms with Gasteiger partial charge in [0.25, 0.3) is 11.8 Å². The summed E-state index contributed by atoms with van der Waals surface area (Å²) in [7, 11) is 1.38. The predicted molar refractivity (Wildman–Crippen MR) is 112 cm³/mol. The van der Waals surface area contributed by atoms with Crippen molar-refractivity contribution >= 4 is 23.4 Å². The second kappa shape index (κ2) is 6.74. The van der Waals surface area contributed by atoms with Crippen molar-refractivity contribution in [3.63, 3.8) is 0 Å². The average molecular weight is 411 g/mol. The second-order valence-corrected chi connectivity index (χ2v) is 7.76. The molecule has 6 heteroatoms. The van der Waals surface area contributed by atoms with E-state index in [4.69, 9.17) is 4.74 Å². The van der Waals surface area contributed by atoms with E-state index < -0.39 is 17.7 Å². The van der Waals surface area contributed by atoms with Crippen LogP contribution in [0.2, 0.25) is 0 Å². The molecule has 31 heavy (non-hydrogen) atoms. The number of fused-ring (bicyclic) bond motifs is 2. The summed E-state index contributed by atoms with van der Waals surface area (Å²) in [6.07, 6.45) is 0. The van der Waals surface area contributed by atoms with Crippen LogP contribution in [-0.4, -0.2) is 35.3 Å². The molecule has 3 aromatic rings. The van der Waals surface area contributed by atoms with Crippen LogP contribution in [-0.2, 0) is 0 Å². The highest BCUT2D eigenvalue weighted by atomic mass is 16.5. The molecule has 0 saturated heterocycles. The van der Waals surface area contributed by atoms with Crippen molar-refractivity contribution in [1.29, 1.82) is 0 Å². The van der Waals surface area contributed by atoms with Crippen LogP contribution >= 0.6 is 0 Å². The molecule has 1 aliphatic carbocycles. The normalized spacial score (nSPS) is 15.5. The molecule has 0 spiro atoms. The van der Waals surface area contributed by atoms with Gasteiger partial charge in [0, 0.05) is 18.2 Å². The summed E-state index contributed by atoms with van der Waals surface area (Å²) < 4.78 is 5.80. The van der Waals surface area contributed by atoms with Gasteiger partial charge in [-0.25, -0.2) is 0 Å². The van der Waals surface area contributed by atoms with E-state index in [0.29, 0.717) is 17.1 Å². The average Bonchev–Trinajstić information content (AvgIpc) is 3.14. The number of rotatable bonds is 3. The number of hydrogen-bond acceptors (Lipinski definition) is 5. The molecular formula is C25H17NO5. The van der Waals surface area contributed by atoms with Crippen molar-refractivity contribution in [2.24, 2.45) is 0 Å². The lowest BCUT2D eigenvalue weighted by molar-refractivity contribution is 0.0692. The molecule has 0 unspecified atom stereocenters. The Morgan fingerprint density at radius 1 is 0.677 bits per heavy atom. The number of aryl methyl sites for hydroxylation is 1. The quantitative estimate of drug-likeness (QED) is 0.477. The van der Waals surface area contributed by atoms with E-state index >= 15 is 0 Å². The molecule has 2 aliphatic rings. The Hall–Kier alpha value is -4.06. The summed E-state index contributed by atoms with van der Waals surface area (Å²) in [5.74, 6) is -1.40. The zero-order chi connectivity index (χ0) is 21.9. The van der Waals surface area contributed by atoms with Gasteiger partial charge in [0.15, 0.2) is 11.6 Å². The number of carbonyl (C=O) groups excluding carboxylic acids is 4. The molecular weight excluding hydrogens is 394 g/mol. The molecule has 2 amide bonds. The van der Waals surface area contributed by atoms with E-state index in [0.717, 1.165) is 10.5 Å². The molecule has 1 heterocycles. The summed E-state index contributed by atoms with van der Waals surface area (Å²) in [5.41, 5.74) is 2.36. The monoisotopic (exact) mass is 411 g/mol. The Labute approximate surface area is 178 Å². The lowest BCUT2D eigenvalue weighted by Gasteiger charge is -2.10. The van der Waals surface area contributed by atoms with Gasteiger partial charge in [0.2, 0.25) is 0 Å². The number of ether oxygens (including phenoxy) is 1. The van der Waals surface area contributed by atoms with Gasteiger partial charge in [-0.15, -0.1) is 0 Å². The molecule has 0 atom stereocenters. The molecule has 0 bridgehead atoms. The Bertz CT molecular complexity index is 1230. The molecule has 3 aromatic carbocycles.